The van der Waals surface area contributed by atoms with Crippen LogP contribution in [0.1, 0.15) is 121 Å². The molecule has 0 saturated carbocycles. The monoisotopic (exact) mass is 644 g/mol. The number of benzene rings is 2. The van der Waals surface area contributed by atoms with Gasteiger partial charge in [0.05, 0.1) is 23.1 Å². The lowest BCUT2D eigenvalue weighted by atomic mass is 9.98. The number of hydrogen-bond donors (Lipinski definition) is 2. The van der Waals surface area contributed by atoms with Crippen LogP contribution in [0.5, 0.6) is 0 Å². The van der Waals surface area contributed by atoms with Crippen LogP contribution in [0.3, 0.4) is 0 Å². The normalized spacial score (nSPS) is 24.2. The zero-order valence-corrected chi connectivity index (χ0v) is 28.5. The lowest BCUT2D eigenvalue weighted by Gasteiger charge is -2.28. The van der Waals surface area contributed by atoms with E-state index in [9.17, 15) is 14.4 Å². The van der Waals surface area contributed by atoms with Crippen molar-refractivity contribution in [3.05, 3.63) is 65.0 Å². The van der Waals surface area contributed by atoms with Gasteiger partial charge in [-0.3, -0.25) is 14.6 Å². The van der Waals surface area contributed by atoms with Crippen LogP contribution in [0, 0.1) is 0 Å². The Morgan fingerprint density at radius 1 is 0.830 bits per heavy atom. The molecule has 10 nitrogen and oxygen atoms in total. The number of rotatable bonds is 6. The standard InChI is InChI=1S/C37H49N5O5/c1-36(2,3)46-34(44)41-19-7-9-30(41)32(43)21-23-11-13-24(14-12-23)26-17-18-27(38-26)25-15-16-28-29(22-25)40-33(39-28)31-10-8-20-42(31)35(45)47-37(4,5)6/h11-16,22,26-27,30-31,38H,7-10,17-21H2,1-6H3,(H,39,40)/i/hD. The summed E-state index contributed by atoms with van der Waals surface area (Å²) in [5.74, 6) is 0.790. The summed E-state index contributed by atoms with van der Waals surface area (Å²) < 4.78 is 20.2. The van der Waals surface area contributed by atoms with Gasteiger partial charge in [-0.15, -0.1) is 0 Å². The van der Waals surface area contributed by atoms with Gasteiger partial charge < -0.3 is 19.8 Å². The number of hydrogen-bond acceptors (Lipinski definition) is 7. The molecule has 0 aliphatic carbocycles. The average molecular weight is 645 g/mol. The molecule has 0 bridgehead atoms. The molecule has 2 aromatic carbocycles. The molecule has 6 rings (SSSR count). The smallest absolute Gasteiger partial charge is 0.410 e. The van der Waals surface area contributed by atoms with Crippen molar-refractivity contribution in [2.75, 3.05) is 13.1 Å². The van der Waals surface area contributed by atoms with E-state index >= 15 is 0 Å². The molecule has 2 amide bonds. The van der Waals surface area contributed by atoms with Gasteiger partial charge in [-0.05, 0) is 109 Å². The van der Waals surface area contributed by atoms with E-state index in [0.29, 0.717) is 19.5 Å². The molecular weight excluding hydrogens is 594 g/mol. The molecule has 0 spiro atoms. The minimum atomic E-state index is -0.606. The van der Waals surface area contributed by atoms with Crippen molar-refractivity contribution in [2.45, 2.75) is 122 Å². The van der Waals surface area contributed by atoms with Crippen LogP contribution in [0.25, 0.3) is 11.0 Å². The summed E-state index contributed by atoms with van der Waals surface area (Å²) in [7, 11) is 0. The number of Topliss-reactive ketones (excluding diaryl/α,β-unsaturated/α-hetero) is 1. The summed E-state index contributed by atoms with van der Waals surface area (Å²) in [6.07, 6.45) is 4.38. The number of carbonyl (C=O) groups excluding carboxylic acids is 3. The second kappa shape index (κ2) is 12.9. The topological polar surface area (TPSA) is 117 Å². The summed E-state index contributed by atoms with van der Waals surface area (Å²) in [6.45, 7) is 12.3. The fraction of sp³-hybridized carbons (Fsp3) is 0.568. The highest BCUT2D eigenvalue weighted by atomic mass is 16.6. The number of aromatic amines is 1. The van der Waals surface area contributed by atoms with E-state index in [1.165, 1.54) is 0 Å². The second-order valence-corrected chi connectivity index (χ2v) is 15.2. The zero-order chi connectivity index (χ0) is 34.4. The van der Waals surface area contributed by atoms with Gasteiger partial charge in [0, 0.05) is 31.6 Å². The SMILES string of the molecule is [2H]N1C(c2ccc(CC(=O)C3CCCN3C(=O)OC(C)(C)C)cc2)CCC1c1ccc2nc(C3CCCN3C(=O)OC(C)(C)C)[nH]c2c1. The van der Waals surface area contributed by atoms with E-state index in [1.54, 1.807) is 15.1 Å². The highest BCUT2D eigenvalue weighted by molar-refractivity contribution is 5.89. The number of nitrogens with zero attached hydrogens (tertiary/aromatic N) is 3. The van der Waals surface area contributed by atoms with Crippen molar-refractivity contribution in [2.24, 2.45) is 0 Å². The molecule has 0 radical (unpaired) electrons. The van der Waals surface area contributed by atoms with Crippen LogP contribution < -0.4 is 5.31 Å². The van der Waals surface area contributed by atoms with Gasteiger partial charge in [-0.1, -0.05) is 30.3 Å². The lowest BCUT2D eigenvalue weighted by molar-refractivity contribution is -0.122. The molecule has 3 aliphatic rings. The predicted molar refractivity (Wildman–Crippen MR) is 180 cm³/mol. The fourth-order valence-corrected chi connectivity index (χ4v) is 7.01. The van der Waals surface area contributed by atoms with E-state index in [2.05, 4.69) is 17.1 Å². The van der Waals surface area contributed by atoms with Crippen LogP contribution in [0.2, 0.25) is 1.41 Å². The molecule has 252 valence electrons. The first kappa shape index (κ1) is 31.7. The summed E-state index contributed by atoms with van der Waals surface area (Å²) >= 11 is 0. The van der Waals surface area contributed by atoms with Gasteiger partial charge in [0.25, 0.3) is 0 Å². The first-order chi connectivity index (χ1) is 22.7. The van der Waals surface area contributed by atoms with Gasteiger partial charge in [0.1, 0.15) is 18.4 Å². The molecule has 47 heavy (non-hydrogen) atoms. The van der Waals surface area contributed by atoms with Crippen LogP contribution in [-0.4, -0.2) is 68.1 Å². The van der Waals surface area contributed by atoms with Crippen LogP contribution in [-0.2, 0) is 20.7 Å². The van der Waals surface area contributed by atoms with Crippen molar-refractivity contribution in [3.8, 4) is 0 Å². The van der Waals surface area contributed by atoms with Gasteiger partial charge in [0.2, 0.25) is 0 Å². The van der Waals surface area contributed by atoms with Crippen molar-refractivity contribution in [1.82, 2.24) is 25.1 Å². The Hall–Kier alpha value is -3.92. The van der Waals surface area contributed by atoms with Gasteiger partial charge >= 0.3 is 12.2 Å². The first-order valence-corrected chi connectivity index (χ1v) is 17.0. The maximum atomic E-state index is 13.2. The first-order valence-electron chi connectivity index (χ1n) is 17.5. The number of fused-ring (bicyclic) bond motifs is 1. The number of nitrogens with one attached hydrogen (secondary N) is 2. The quantitative estimate of drug-likeness (QED) is 0.289. The predicted octanol–water partition coefficient (Wildman–Crippen LogP) is 7.31. The summed E-state index contributed by atoms with van der Waals surface area (Å²) in [5.41, 5.74) is 3.58. The van der Waals surface area contributed by atoms with E-state index in [-0.39, 0.29) is 36.4 Å². The van der Waals surface area contributed by atoms with Gasteiger partial charge in [-0.2, -0.15) is 0 Å². The maximum Gasteiger partial charge on any atom is 0.410 e. The summed E-state index contributed by atoms with van der Waals surface area (Å²) in [6, 6.07) is 13.4. The zero-order valence-electron chi connectivity index (χ0n) is 29.5. The molecule has 3 fully saturated rings. The number of ketones is 1. The van der Waals surface area contributed by atoms with E-state index in [4.69, 9.17) is 15.9 Å². The van der Waals surface area contributed by atoms with Crippen LogP contribution in [0.4, 0.5) is 9.59 Å². The number of ether oxygens (including phenoxy) is 2. The van der Waals surface area contributed by atoms with Gasteiger partial charge in [0.15, 0.2) is 5.78 Å². The molecular formula is C37H49N5O5. The molecule has 3 aromatic rings. The van der Waals surface area contributed by atoms with E-state index < -0.39 is 23.3 Å². The average Bonchev–Trinajstić information content (AvgIpc) is 3.81. The molecule has 1 aromatic heterocycles. The Morgan fingerprint density at radius 2 is 1.43 bits per heavy atom. The lowest BCUT2D eigenvalue weighted by Crippen LogP contribution is -2.43. The second-order valence-electron chi connectivity index (χ2n) is 15.2. The number of imidazole rings is 1. The third-order valence-corrected chi connectivity index (χ3v) is 9.17. The number of carbonyl (C=O) groups is 3. The Balaban J connectivity index is 1.09. The van der Waals surface area contributed by atoms with Crippen molar-refractivity contribution in [3.63, 3.8) is 0 Å². The van der Waals surface area contributed by atoms with Crippen LogP contribution in [0.15, 0.2) is 42.5 Å². The van der Waals surface area contributed by atoms with E-state index in [0.717, 1.165) is 65.7 Å². The number of aromatic nitrogens is 2. The number of amides is 2. The molecule has 4 atom stereocenters. The van der Waals surface area contributed by atoms with Crippen molar-refractivity contribution >= 4 is 29.0 Å². The fourth-order valence-electron chi connectivity index (χ4n) is 7.01. The van der Waals surface area contributed by atoms with Crippen LogP contribution >= 0.6 is 0 Å². The number of H-pyrrole nitrogens is 1. The summed E-state index contributed by atoms with van der Waals surface area (Å²) in [4.78, 5) is 50.4. The molecule has 4 unspecified atom stereocenters. The minimum absolute atomic E-state index is 0.0250. The molecule has 10 heteroatoms. The largest absolute Gasteiger partial charge is 0.444 e. The molecule has 2 N–H and O–H groups in total. The van der Waals surface area contributed by atoms with Crippen molar-refractivity contribution < 1.29 is 25.3 Å². The Morgan fingerprint density at radius 3 is 2.11 bits per heavy atom. The third-order valence-electron chi connectivity index (χ3n) is 9.17. The maximum absolute atomic E-state index is 13.2. The Labute approximate surface area is 279 Å². The Kier molecular flexibility index (Phi) is 8.72. The minimum Gasteiger partial charge on any atom is -0.444 e. The summed E-state index contributed by atoms with van der Waals surface area (Å²) in [5, 5.41) is 1.69. The molecule has 4 heterocycles. The highest BCUT2D eigenvalue weighted by Crippen LogP contribution is 2.37. The van der Waals surface area contributed by atoms with Crippen molar-refractivity contribution in [1.29, 1.82) is 0 Å². The Bertz CT molecular complexity index is 1660. The highest BCUT2D eigenvalue weighted by Gasteiger charge is 2.37. The molecule has 3 saturated heterocycles. The van der Waals surface area contributed by atoms with E-state index in [1.807, 2.05) is 71.9 Å². The third kappa shape index (κ3) is 7.64. The van der Waals surface area contributed by atoms with Gasteiger partial charge in [-0.25, -0.2) is 14.6 Å². The molecule has 3 aliphatic heterocycles. The number of likely N-dealkylation sites (tertiary alicyclic amines) is 2.